The highest BCUT2D eigenvalue weighted by atomic mass is 35.9. The van der Waals surface area contributed by atoms with Gasteiger partial charge in [0.15, 0.2) is 0 Å². The van der Waals surface area contributed by atoms with Crippen molar-refractivity contribution in [1.82, 2.24) is 0 Å². The molecule has 0 aliphatic rings. The topological polar surface area (TPSA) is 20.2 Å². The maximum atomic E-state index is 8.69. The Kier molecular flexibility index (Phi) is 3.49. The van der Waals surface area contributed by atoms with E-state index in [0.29, 0.717) is 0 Å². The Morgan fingerprint density at radius 1 is 0.875 bits per heavy atom. The molecule has 0 fully saturated rings. The molecule has 0 spiro atoms. The summed E-state index contributed by atoms with van der Waals surface area (Å²) in [5.41, 5.74) is -3.22. The average Bonchev–Trinajstić information content (AvgIpc) is 1.25. The molecule has 0 aromatic heterocycles. The van der Waals surface area contributed by atoms with Crippen LogP contribution in [0.25, 0.3) is 0 Å². The molecule has 8 heavy (non-hydrogen) atoms. The number of halogens is 5. The summed E-state index contributed by atoms with van der Waals surface area (Å²) < 4.78 is 0. The molecule has 0 radical (unpaired) electrons. The lowest BCUT2D eigenvalue weighted by atomic mass is 15.9. The Labute approximate surface area is 71.9 Å². The van der Waals surface area contributed by atoms with Crippen molar-refractivity contribution in [2.24, 2.45) is 0 Å². The van der Waals surface area contributed by atoms with Crippen molar-refractivity contribution >= 4 is 67.4 Å². The van der Waals surface area contributed by atoms with Crippen molar-refractivity contribution < 1.29 is 4.80 Å². The van der Waals surface area contributed by atoms with Crippen molar-refractivity contribution in [2.45, 2.75) is 0 Å². The van der Waals surface area contributed by atoms with Gasteiger partial charge in [-0.05, 0) is 0 Å². The zero-order chi connectivity index (χ0) is 7.00. The maximum absolute atomic E-state index is 8.69. The van der Waals surface area contributed by atoms with Crippen LogP contribution < -0.4 is 0 Å². The van der Waals surface area contributed by atoms with E-state index >= 15 is 0 Å². The predicted octanol–water partition coefficient (Wildman–Crippen LogP) is 2.13. The standard InChI is InChI=1S/Cl5HOSi2/c1-7(2,3)8(4,5)6/h6H. The second kappa shape index (κ2) is 2.84. The van der Waals surface area contributed by atoms with Gasteiger partial charge in [0, 0.05) is 0 Å². The van der Waals surface area contributed by atoms with E-state index in [1.807, 2.05) is 0 Å². The molecule has 50 valence electrons. The van der Waals surface area contributed by atoms with Crippen molar-refractivity contribution in [3.05, 3.63) is 0 Å². The SMILES string of the molecule is O[Si](Cl)(Cl)[Si](Cl)(Cl)Cl. The van der Waals surface area contributed by atoms with E-state index in [2.05, 4.69) is 0 Å². The van der Waals surface area contributed by atoms with Gasteiger partial charge in [0.25, 0.3) is 0 Å². The molecule has 0 heterocycles. The first-order valence-electron chi connectivity index (χ1n) is 1.42. The van der Waals surface area contributed by atoms with Gasteiger partial charge in [-0.1, -0.05) is 0 Å². The molecule has 0 saturated heterocycles. The monoisotopic (exact) mass is 248 g/mol. The third kappa shape index (κ3) is 3.12. The van der Waals surface area contributed by atoms with Crippen LogP contribution in [0.3, 0.4) is 0 Å². The van der Waals surface area contributed by atoms with Crippen LogP contribution in [0.4, 0.5) is 0 Å². The lowest BCUT2D eigenvalue weighted by molar-refractivity contribution is 0.604. The van der Waals surface area contributed by atoms with Crippen LogP contribution >= 0.6 is 55.4 Å². The first kappa shape index (κ1) is 9.84. The molecule has 8 heteroatoms. The molecular weight excluding hydrogens is 249 g/mol. The minimum Gasteiger partial charge on any atom is -0.409 e. The van der Waals surface area contributed by atoms with Gasteiger partial charge in [0.2, 0.25) is 0 Å². The molecule has 0 aliphatic carbocycles. The van der Waals surface area contributed by atoms with E-state index < -0.39 is 12.0 Å². The molecule has 0 amide bonds. The fourth-order valence-corrected chi connectivity index (χ4v) is 0. The van der Waals surface area contributed by atoms with Crippen LogP contribution in [-0.4, -0.2) is 16.8 Å². The van der Waals surface area contributed by atoms with Gasteiger partial charge in [-0.2, -0.15) is 0 Å². The summed E-state index contributed by atoms with van der Waals surface area (Å²) in [5.74, 6) is 0. The van der Waals surface area contributed by atoms with E-state index in [1.165, 1.54) is 0 Å². The third-order valence-corrected chi connectivity index (χ3v) is 20.8. The summed E-state index contributed by atoms with van der Waals surface area (Å²) >= 11 is 26.0. The molecule has 0 unspecified atom stereocenters. The van der Waals surface area contributed by atoms with E-state index in [4.69, 9.17) is 60.2 Å². The van der Waals surface area contributed by atoms with Crippen molar-refractivity contribution in [1.29, 1.82) is 0 Å². The molecule has 0 aromatic rings. The molecular formula is HCl5OSi2. The van der Waals surface area contributed by atoms with Crippen LogP contribution in [0, 0.1) is 0 Å². The summed E-state index contributed by atoms with van der Waals surface area (Å²) in [6.45, 7) is -3.48. The smallest absolute Gasteiger partial charge is 0.409 e. The molecule has 1 nitrogen and oxygen atoms in total. The highest BCUT2D eigenvalue weighted by molar-refractivity contribution is 8.00. The van der Waals surface area contributed by atoms with E-state index in [1.54, 1.807) is 0 Å². The lowest BCUT2D eigenvalue weighted by Gasteiger charge is -2.13. The first-order chi connectivity index (χ1) is 3.25. The minimum atomic E-state index is -3.48. The van der Waals surface area contributed by atoms with Crippen molar-refractivity contribution in [2.75, 3.05) is 0 Å². The molecule has 0 rings (SSSR count). The second-order valence-corrected chi connectivity index (χ2v) is 23.0. The Bertz CT molecular complexity index is 65.4. The van der Waals surface area contributed by atoms with Crippen LogP contribution in [-0.2, 0) is 0 Å². The van der Waals surface area contributed by atoms with Crippen LogP contribution in [0.2, 0.25) is 0 Å². The number of hydrogen-bond acceptors (Lipinski definition) is 1. The van der Waals surface area contributed by atoms with Crippen LogP contribution in [0.1, 0.15) is 0 Å². The van der Waals surface area contributed by atoms with Crippen molar-refractivity contribution in [3.8, 4) is 0 Å². The van der Waals surface area contributed by atoms with Gasteiger partial charge in [-0.3, -0.25) is 0 Å². The van der Waals surface area contributed by atoms with Gasteiger partial charge in [0.05, 0.1) is 0 Å². The number of rotatable bonds is 1. The van der Waals surface area contributed by atoms with Gasteiger partial charge in [-0.15, -0.1) is 55.4 Å². The maximum Gasteiger partial charge on any atom is 0.420 e. The predicted molar refractivity (Wildman–Crippen MR) is 43.0 cm³/mol. The van der Waals surface area contributed by atoms with Crippen LogP contribution in [0.15, 0.2) is 0 Å². The van der Waals surface area contributed by atoms with Gasteiger partial charge >= 0.3 is 12.0 Å². The van der Waals surface area contributed by atoms with Crippen molar-refractivity contribution in [3.63, 3.8) is 0 Å². The Hall–Kier alpha value is 1.84. The van der Waals surface area contributed by atoms with Gasteiger partial charge < -0.3 is 4.80 Å². The minimum absolute atomic E-state index is 3.22. The molecule has 0 saturated carbocycles. The average molecular weight is 250 g/mol. The first-order valence-corrected chi connectivity index (χ1v) is 11.4. The molecule has 1 N–H and O–H groups in total. The fourth-order valence-electron chi connectivity index (χ4n) is 0. The van der Waals surface area contributed by atoms with E-state index in [-0.39, 0.29) is 0 Å². The highest BCUT2D eigenvalue weighted by Crippen LogP contribution is 2.34. The molecule has 0 aromatic carbocycles. The zero-order valence-corrected chi connectivity index (χ0v) is 9.12. The second-order valence-electron chi connectivity index (χ2n) is 1.04. The number of hydrogen-bond donors (Lipinski definition) is 1. The quantitative estimate of drug-likeness (QED) is 0.558. The van der Waals surface area contributed by atoms with E-state index in [9.17, 15) is 0 Å². The fraction of sp³-hybridized carbons (Fsp3) is 0. The van der Waals surface area contributed by atoms with Gasteiger partial charge in [-0.25, -0.2) is 0 Å². The third-order valence-electron chi connectivity index (χ3n) is 0.341. The summed E-state index contributed by atoms with van der Waals surface area (Å²) in [6, 6.07) is 0. The Balaban J connectivity index is 4.02. The summed E-state index contributed by atoms with van der Waals surface area (Å²) in [5, 5.41) is 0. The molecule has 0 atom stereocenters. The Morgan fingerprint density at radius 3 is 1.00 bits per heavy atom. The lowest BCUT2D eigenvalue weighted by Crippen LogP contribution is -2.42. The Morgan fingerprint density at radius 2 is 1.00 bits per heavy atom. The summed E-state index contributed by atoms with van der Waals surface area (Å²) in [7, 11) is 0. The zero-order valence-electron chi connectivity index (χ0n) is 3.34. The van der Waals surface area contributed by atoms with Crippen LogP contribution in [0.5, 0.6) is 0 Å². The van der Waals surface area contributed by atoms with E-state index in [0.717, 1.165) is 0 Å². The summed E-state index contributed by atoms with van der Waals surface area (Å²) in [6.07, 6.45) is 0. The largest absolute Gasteiger partial charge is 0.420 e. The molecule has 0 bridgehead atoms. The summed E-state index contributed by atoms with van der Waals surface area (Å²) in [4.78, 5) is 8.69. The molecule has 0 aliphatic heterocycles. The highest BCUT2D eigenvalue weighted by Gasteiger charge is 2.53. The van der Waals surface area contributed by atoms with Gasteiger partial charge in [0.1, 0.15) is 0 Å². The normalized spacial score (nSPS) is 14.2.